The minimum absolute atomic E-state index is 0.216. The average Bonchev–Trinajstić information content (AvgIpc) is 3.48. The molecule has 3 aromatic rings. The minimum atomic E-state index is -0.661. The summed E-state index contributed by atoms with van der Waals surface area (Å²) >= 11 is 18.7. The van der Waals surface area contributed by atoms with Crippen molar-refractivity contribution in [2.24, 2.45) is 0 Å². The number of fused-ring (bicyclic) bond motifs is 3. The molecule has 0 saturated carbocycles. The molecular formula is C27H23Cl3O6. The van der Waals surface area contributed by atoms with E-state index in [-0.39, 0.29) is 13.2 Å². The van der Waals surface area contributed by atoms with Gasteiger partial charge in [0.25, 0.3) is 0 Å². The molecule has 0 spiro atoms. The zero-order chi connectivity index (χ0) is 24.6. The van der Waals surface area contributed by atoms with Gasteiger partial charge >= 0.3 is 0 Å². The summed E-state index contributed by atoms with van der Waals surface area (Å²) in [6, 6.07) is 22.2. The van der Waals surface area contributed by atoms with Gasteiger partial charge in [0.15, 0.2) is 18.9 Å². The largest absolute Gasteiger partial charge is 0.346 e. The molecule has 3 saturated heterocycles. The Morgan fingerprint density at radius 2 is 0.889 bits per heavy atom. The van der Waals surface area contributed by atoms with Crippen LogP contribution in [0.4, 0.5) is 0 Å². The molecule has 3 aliphatic rings. The molecule has 0 aromatic heterocycles. The van der Waals surface area contributed by atoms with Crippen LogP contribution >= 0.6 is 34.8 Å². The summed E-state index contributed by atoms with van der Waals surface area (Å²) in [4.78, 5) is 0. The summed E-state index contributed by atoms with van der Waals surface area (Å²) in [6.07, 6.45) is -3.72. The highest BCUT2D eigenvalue weighted by molar-refractivity contribution is 6.31. The summed E-state index contributed by atoms with van der Waals surface area (Å²) in [5.74, 6) is 0. The molecule has 3 unspecified atom stereocenters. The molecular weight excluding hydrogens is 527 g/mol. The molecule has 3 fully saturated rings. The molecule has 7 atom stereocenters. The molecule has 0 bridgehead atoms. The summed E-state index contributed by atoms with van der Waals surface area (Å²) < 4.78 is 37.8. The van der Waals surface area contributed by atoms with Crippen molar-refractivity contribution in [2.75, 3.05) is 13.2 Å². The van der Waals surface area contributed by atoms with Crippen molar-refractivity contribution in [1.82, 2.24) is 0 Å². The lowest BCUT2D eigenvalue weighted by atomic mass is 10.0. The second kappa shape index (κ2) is 10.6. The van der Waals surface area contributed by atoms with Crippen LogP contribution in [0.2, 0.25) is 15.1 Å². The van der Waals surface area contributed by atoms with Gasteiger partial charge in [0.2, 0.25) is 0 Å². The molecule has 6 rings (SSSR count). The van der Waals surface area contributed by atoms with Gasteiger partial charge in [-0.15, -0.1) is 0 Å². The highest BCUT2D eigenvalue weighted by Crippen LogP contribution is 2.43. The van der Waals surface area contributed by atoms with Crippen molar-refractivity contribution in [3.63, 3.8) is 0 Å². The van der Waals surface area contributed by atoms with Crippen LogP contribution in [0.25, 0.3) is 0 Å². The fraction of sp³-hybridized carbons (Fsp3) is 0.333. The quantitative estimate of drug-likeness (QED) is 0.364. The Hall–Kier alpha value is -1.71. The maximum absolute atomic E-state index is 6.41. The van der Waals surface area contributed by atoms with Crippen LogP contribution in [0.5, 0.6) is 0 Å². The van der Waals surface area contributed by atoms with Crippen LogP contribution in [0.1, 0.15) is 35.6 Å². The van der Waals surface area contributed by atoms with Gasteiger partial charge in [-0.2, -0.15) is 0 Å². The van der Waals surface area contributed by atoms with Crippen LogP contribution in [-0.2, 0) is 28.4 Å². The predicted octanol–water partition coefficient (Wildman–Crippen LogP) is 6.66. The average molecular weight is 550 g/mol. The molecule has 36 heavy (non-hydrogen) atoms. The van der Waals surface area contributed by atoms with Crippen molar-refractivity contribution in [1.29, 1.82) is 0 Å². The summed E-state index contributed by atoms with van der Waals surface area (Å²) in [6.45, 7) is 0.431. The Bertz CT molecular complexity index is 1150. The zero-order valence-electron chi connectivity index (χ0n) is 19.0. The maximum atomic E-state index is 6.41. The lowest BCUT2D eigenvalue weighted by Gasteiger charge is -2.23. The van der Waals surface area contributed by atoms with E-state index in [1.54, 1.807) is 6.07 Å². The van der Waals surface area contributed by atoms with E-state index in [2.05, 4.69) is 0 Å². The second-order valence-corrected chi connectivity index (χ2v) is 10.2. The number of rotatable bonds is 3. The third kappa shape index (κ3) is 5.16. The first-order valence-electron chi connectivity index (χ1n) is 11.6. The van der Waals surface area contributed by atoms with Gasteiger partial charge in [-0.1, -0.05) is 71.2 Å². The lowest BCUT2D eigenvalue weighted by molar-refractivity contribution is -0.180. The molecule has 0 radical (unpaired) electrons. The van der Waals surface area contributed by atoms with E-state index in [1.807, 2.05) is 66.7 Å². The molecule has 3 heterocycles. The van der Waals surface area contributed by atoms with E-state index in [0.29, 0.717) is 15.1 Å². The highest BCUT2D eigenvalue weighted by atomic mass is 35.5. The van der Waals surface area contributed by atoms with Crippen molar-refractivity contribution in [3.05, 3.63) is 105 Å². The zero-order valence-corrected chi connectivity index (χ0v) is 21.2. The Labute approximate surface area is 223 Å². The van der Waals surface area contributed by atoms with Crippen LogP contribution in [0.3, 0.4) is 0 Å². The van der Waals surface area contributed by atoms with Gasteiger partial charge in [0.05, 0.1) is 13.2 Å². The number of halogens is 3. The first kappa shape index (κ1) is 24.6. The Morgan fingerprint density at radius 1 is 0.500 bits per heavy atom. The van der Waals surface area contributed by atoms with E-state index in [4.69, 9.17) is 63.2 Å². The van der Waals surface area contributed by atoms with Gasteiger partial charge in [-0.25, -0.2) is 0 Å². The van der Waals surface area contributed by atoms with Gasteiger partial charge in [-0.05, 0) is 36.4 Å². The van der Waals surface area contributed by atoms with Crippen molar-refractivity contribution >= 4 is 34.8 Å². The summed E-state index contributed by atoms with van der Waals surface area (Å²) in [5, 5.41) is 1.80. The lowest BCUT2D eigenvalue weighted by Crippen LogP contribution is -2.43. The van der Waals surface area contributed by atoms with Gasteiger partial charge in [-0.3, -0.25) is 0 Å². The van der Waals surface area contributed by atoms with Crippen LogP contribution in [0.15, 0.2) is 72.8 Å². The van der Waals surface area contributed by atoms with Crippen molar-refractivity contribution < 1.29 is 28.4 Å². The number of hydrogen-bond acceptors (Lipinski definition) is 6. The molecule has 0 aliphatic carbocycles. The fourth-order valence-electron chi connectivity index (χ4n) is 4.72. The monoisotopic (exact) mass is 548 g/mol. The molecule has 0 N–H and O–H groups in total. The van der Waals surface area contributed by atoms with Crippen LogP contribution in [-0.4, -0.2) is 37.6 Å². The SMILES string of the molecule is Clc1cccc(C2OC[C@@H]3OC(c4cccc(Cl)c4)O[C@@H]3[C@H]3OC(c4cccc(Cl)c4)O[C@@H]3CO2)c1. The standard InChI is InChI=1S/C27H23Cl3O6/c28-18-7-1-4-15(10-18)25-31-13-21-23(35-26(33-21)16-5-2-8-19(29)11-16)24-22(14-32-25)34-27(36-24)17-6-3-9-20(30)12-17/h1-12,21-27H,13-14H2/t21-,22+,23-,24-,25?,26?,27?/m0/s1. The van der Waals surface area contributed by atoms with Gasteiger partial charge in [0.1, 0.15) is 24.4 Å². The van der Waals surface area contributed by atoms with Crippen LogP contribution < -0.4 is 0 Å². The Balaban J connectivity index is 1.30. The smallest absolute Gasteiger partial charge is 0.185 e. The summed E-state index contributed by atoms with van der Waals surface area (Å²) in [5.41, 5.74) is 2.43. The number of benzene rings is 3. The fourth-order valence-corrected chi connectivity index (χ4v) is 5.32. The molecule has 3 aliphatic heterocycles. The highest BCUT2D eigenvalue weighted by Gasteiger charge is 2.51. The van der Waals surface area contributed by atoms with E-state index in [9.17, 15) is 0 Å². The normalized spacial score (nSPS) is 32.2. The summed E-state index contributed by atoms with van der Waals surface area (Å²) in [7, 11) is 0. The molecule has 0 amide bonds. The first-order chi connectivity index (χ1) is 17.5. The van der Waals surface area contributed by atoms with Crippen LogP contribution in [0, 0.1) is 0 Å². The van der Waals surface area contributed by atoms with E-state index in [0.717, 1.165) is 16.7 Å². The Morgan fingerprint density at radius 3 is 1.28 bits per heavy atom. The molecule has 6 nitrogen and oxygen atoms in total. The van der Waals surface area contributed by atoms with Crippen molar-refractivity contribution in [2.45, 2.75) is 43.3 Å². The minimum Gasteiger partial charge on any atom is -0.346 e. The Kier molecular flexibility index (Phi) is 7.23. The van der Waals surface area contributed by atoms with Gasteiger partial charge < -0.3 is 28.4 Å². The van der Waals surface area contributed by atoms with Crippen molar-refractivity contribution in [3.8, 4) is 0 Å². The number of ether oxygens (including phenoxy) is 6. The molecule has 3 aromatic carbocycles. The topological polar surface area (TPSA) is 55.4 Å². The number of hydrogen-bond donors (Lipinski definition) is 0. The maximum Gasteiger partial charge on any atom is 0.185 e. The van der Waals surface area contributed by atoms with E-state index < -0.39 is 43.3 Å². The van der Waals surface area contributed by atoms with E-state index >= 15 is 0 Å². The second-order valence-electron chi connectivity index (χ2n) is 8.88. The third-order valence-electron chi connectivity index (χ3n) is 6.40. The third-order valence-corrected chi connectivity index (χ3v) is 7.11. The predicted molar refractivity (Wildman–Crippen MR) is 134 cm³/mol. The van der Waals surface area contributed by atoms with Gasteiger partial charge in [0, 0.05) is 31.8 Å². The first-order valence-corrected chi connectivity index (χ1v) is 12.8. The van der Waals surface area contributed by atoms with E-state index in [1.165, 1.54) is 0 Å². The molecule has 9 heteroatoms. The molecule has 188 valence electrons.